The highest BCUT2D eigenvalue weighted by atomic mass is 16.5. The molecule has 100 valence electrons. The van der Waals surface area contributed by atoms with E-state index in [9.17, 15) is 0 Å². The first-order chi connectivity index (χ1) is 8.54. The predicted octanol–water partition coefficient (Wildman–Crippen LogP) is 3.07. The van der Waals surface area contributed by atoms with Crippen LogP contribution < -0.4 is 15.8 Å². The van der Waals surface area contributed by atoms with Crippen molar-refractivity contribution in [1.82, 2.24) is 0 Å². The Morgan fingerprint density at radius 3 is 2.67 bits per heavy atom. The normalized spacial score (nSPS) is 23.4. The van der Waals surface area contributed by atoms with Crippen molar-refractivity contribution in [1.29, 1.82) is 0 Å². The van der Waals surface area contributed by atoms with Crippen LogP contribution in [0.4, 0.5) is 5.69 Å². The monoisotopic (exact) mass is 248 g/mol. The molecule has 2 atom stereocenters. The molecular formula is C15H24N2O. The third-order valence-corrected chi connectivity index (χ3v) is 3.40. The van der Waals surface area contributed by atoms with E-state index in [2.05, 4.69) is 24.4 Å². The maximum atomic E-state index is 5.94. The van der Waals surface area contributed by atoms with Gasteiger partial charge < -0.3 is 15.8 Å². The van der Waals surface area contributed by atoms with Crippen LogP contribution in [0.1, 0.15) is 38.7 Å². The molecule has 0 radical (unpaired) electrons. The van der Waals surface area contributed by atoms with Crippen molar-refractivity contribution < 1.29 is 4.74 Å². The number of nitrogens with one attached hydrogen (secondary N) is 1. The van der Waals surface area contributed by atoms with E-state index in [-0.39, 0.29) is 6.10 Å². The lowest BCUT2D eigenvalue weighted by atomic mass is 10.1. The van der Waals surface area contributed by atoms with E-state index in [0.29, 0.717) is 12.1 Å². The zero-order valence-corrected chi connectivity index (χ0v) is 11.6. The number of ether oxygens (including phenoxy) is 1. The summed E-state index contributed by atoms with van der Waals surface area (Å²) in [7, 11) is 0. The Morgan fingerprint density at radius 1 is 1.33 bits per heavy atom. The minimum absolute atomic E-state index is 0.219. The first-order valence-corrected chi connectivity index (χ1v) is 6.84. The molecule has 1 aromatic rings. The molecular weight excluding hydrogens is 224 g/mol. The Morgan fingerprint density at radius 2 is 2.11 bits per heavy atom. The van der Waals surface area contributed by atoms with Gasteiger partial charge in [-0.3, -0.25) is 0 Å². The zero-order chi connectivity index (χ0) is 13.1. The molecule has 2 rings (SSSR count). The maximum Gasteiger partial charge on any atom is 0.120 e. The molecule has 1 saturated carbocycles. The van der Waals surface area contributed by atoms with Gasteiger partial charge >= 0.3 is 0 Å². The molecule has 1 aliphatic rings. The summed E-state index contributed by atoms with van der Waals surface area (Å²) < 4.78 is 5.69. The van der Waals surface area contributed by atoms with E-state index in [4.69, 9.17) is 10.5 Å². The molecule has 18 heavy (non-hydrogen) atoms. The summed E-state index contributed by atoms with van der Waals surface area (Å²) in [6.45, 7) is 6.20. The molecule has 0 aromatic heterocycles. The second-order valence-corrected chi connectivity index (χ2v) is 5.56. The molecule has 1 fully saturated rings. The molecule has 0 spiro atoms. The summed E-state index contributed by atoms with van der Waals surface area (Å²) in [5.74, 6) is 0.941. The lowest BCUT2D eigenvalue weighted by molar-refractivity contribution is 0.242. The predicted molar refractivity (Wildman–Crippen MR) is 76.2 cm³/mol. The molecule has 2 unspecified atom stereocenters. The Bertz CT molecular complexity index is 403. The summed E-state index contributed by atoms with van der Waals surface area (Å²) in [6.07, 6.45) is 3.59. The molecule has 0 bridgehead atoms. The quantitative estimate of drug-likeness (QED) is 0.861. The highest BCUT2D eigenvalue weighted by Crippen LogP contribution is 2.26. The fourth-order valence-corrected chi connectivity index (χ4v) is 2.51. The van der Waals surface area contributed by atoms with Gasteiger partial charge in [-0.15, -0.1) is 0 Å². The first-order valence-electron chi connectivity index (χ1n) is 6.84. The number of hydrogen-bond donors (Lipinski definition) is 2. The average molecular weight is 248 g/mol. The molecule has 3 heteroatoms. The van der Waals surface area contributed by atoms with Gasteiger partial charge in [0, 0.05) is 17.8 Å². The molecule has 0 saturated heterocycles. The number of anilines is 1. The van der Waals surface area contributed by atoms with E-state index in [1.807, 2.05) is 19.9 Å². The number of aryl methyl sites for hydroxylation is 1. The Hall–Kier alpha value is -1.22. The van der Waals surface area contributed by atoms with Crippen LogP contribution in [0.15, 0.2) is 18.2 Å². The van der Waals surface area contributed by atoms with Crippen LogP contribution >= 0.6 is 0 Å². The smallest absolute Gasteiger partial charge is 0.120 e. The number of benzene rings is 1. The van der Waals surface area contributed by atoms with Crippen LogP contribution in [0.5, 0.6) is 5.75 Å². The Kier molecular flexibility index (Phi) is 4.12. The standard InChI is InChI=1S/C15H24N2O/c1-10(2)18-14-6-7-15(11(3)8-14)17-13-5-4-12(16)9-13/h6-8,10,12-13,17H,4-5,9,16H2,1-3H3. The first kappa shape index (κ1) is 13.2. The van der Waals surface area contributed by atoms with Crippen LogP contribution in [0, 0.1) is 6.92 Å². The minimum atomic E-state index is 0.219. The molecule has 0 heterocycles. The van der Waals surface area contributed by atoms with Gasteiger partial charge in [-0.1, -0.05) is 0 Å². The average Bonchev–Trinajstić information content (AvgIpc) is 2.67. The highest BCUT2D eigenvalue weighted by Gasteiger charge is 2.21. The lowest BCUT2D eigenvalue weighted by Gasteiger charge is -2.17. The van der Waals surface area contributed by atoms with Gasteiger partial charge in [0.25, 0.3) is 0 Å². The summed E-state index contributed by atoms with van der Waals surface area (Å²) >= 11 is 0. The van der Waals surface area contributed by atoms with E-state index in [1.54, 1.807) is 0 Å². The fraction of sp³-hybridized carbons (Fsp3) is 0.600. The van der Waals surface area contributed by atoms with Crippen LogP contribution in [0.2, 0.25) is 0 Å². The lowest BCUT2D eigenvalue weighted by Crippen LogP contribution is -2.21. The Labute approximate surface area is 110 Å². The summed E-state index contributed by atoms with van der Waals surface area (Å²) in [6, 6.07) is 7.13. The largest absolute Gasteiger partial charge is 0.491 e. The van der Waals surface area contributed by atoms with Crippen LogP contribution in [0.25, 0.3) is 0 Å². The van der Waals surface area contributed by atoms with Gasteiger partial charge in [0.15, 0.2) is 0 Å². The van der Waals surface area contributed by atoms with Crippen molar-refractivity contribution in [2.45, 2.75) is 58.2 Å². The minimum Gasteiger partial charge on any atom is -0.491 e. The van der Waals surface area contributed by atoms with Gasteiger partial charge in [0.2, 0.25) is 0 Å². The highest BCUT2D eigenvalue weighted by molar-refractivity contribution is 5.54. The molecule has 1 aromatic carbocycles. The fourth-order valence-electron chi connectivity index (χ4n) is 2.51. The Balaban J connectivity index is 2.01. The summed E-state index contributed by atoms with van der Waals surface area (Å²) in [4.78, 5) is 0. The van der Waals surface area contributed by atoms with Crippen LogP contribution in [-0.2, 0) is 0 Å². The van der Waals surface area contributed by atoms with Gasteiger partial charge in [-0.05, 0) is 63.8 Å². The van der Waals surface area contributed by atoms with Crippen molar-refractivity contribution in [3.8, 4) is 5.75 Å². The second kappa shape index (κ2) is 5.61. The molecule has 3 nitrogen and oxygen atoms in total. The zero-order valence-electron chi connectivity index (χ0n) is 11.6. The molecule has 1 aliphatic carbocycles. The van der Waals surface area contributed by atoms with Gasteiger partial charge in [-0.2, -0.15) is 0 Å². The topological polar surface area (TPSA) is 47.3 Å². The van der Waals surface area contributed by atoms with Gasteiger partial charge in [-0.25, -0.2) is 0 Å². The third kappa shape index (κ3) is 3.39. The summed E-state index contributed by atoms with van der Waals surface area (Å²) in [5, 5.41) is 3.58. The van der Waals surface area contributed by atoms with Crippen LogP contribution in [0.3, 0.4) is 0 Å². The van der Waals surface area contributed by atoms with E-state index in [1.165, 1.54) is 17.7 Å². The summed E-state index contributed by atoms with van der Waals surface area (Å²) in [5.41, 5.74) is 8.37. The third-order valence-electron chi connectivity index (χ3n) is 3.40. The molecule has 0 amide bonds. The second-order valence-electron chi connectivity index (χ2n) is 5.56. The number of nitrogens with two attached hydrogens (primary N) is 1. The SMILES string of the molecule is Cc1cc(OC(C)C)ccc1NC1CCC(N)C1. The van der Waals surface area contributed by atoms with Gasteiger partial charge in [0.1, 0.15) is 5.75 Å². The van der Waals surface area contributed by atoms with Crippen LogP contribution in [-0.4, -0.2) is 18.2 Å². The number of hydrogen-bond acceptors (Lipinski definition) is 3. The van der Waals surface area contributed by atoms with Crippen molar-refractivity contribution in [3.63, 3.8) is 0 Å². The van der Waals surface area contributed by atoms with E-state index in [0.717, 1.165) is 18.6 Å². The number of rotatable bonds is 4. The van der Waals surface area contributed by atoms with Crippen molar-refractivity contribution in [2.75, 3.05) is 5.32 Å². The maximum absolute atomic E-state index is 5.94. The van der Waals surface area contributed by atoms with Crippen molar-refractivity contribution in [2.24, 2.45) is 5.73 Å². The van der Waals surface area contributed by atoms with Gasteiger partial charge in [0.05, 0.1) is 6.10 Å². The van der Waals surface area contributed by atoms with Crippen molar-refractivity contribution in [3.05, 3.63) is 23.8 Å². The van der Waals surface area contributed by atoms with E-state index < -0.39 is 0 Å². The molecule has 0 aliphatic heterocycles. The van der Waals surface area contributed by atoms with Crippen molar-refractivity contribution >= 4 is 5.69 Å². The van der Waals surface area contributed by atoms with E-state index >= 15 is 0 Å². The molecule has 3 N–H and O–H groups in total.